The number of para-hydroxylation sites is 1. The van der Waals surface area contributed by atoms with E-state index in [1.165, 1.54) is 12.5 Å². The largest absolute Gasteiger partial charge is 0.375 e. The molecule has 0 fully saturated rings. The standard InChI is InChI=1S/C17H16N2O2/c1-21-11-17(20)18-14-7-4-6-12(9-14)16-10-13-5-2-3-8-15(13)19-16/h2-10,19H,11H2,1H3,(H,18,20). The summed E-state index contributed by atoms with van der Waals surface area (Å²) in [5.74, 6) is -0.161. The zero-order valence-corrected chi connectivity index (χ0v) is 11.7. The molecular weight excluding hydrogens is 264 g/mol. The third kappa shape index (κ3) is 2.95. The molecule has 3 aromatic rings. The van der Waals surface area contributed by atoms with Gasteiger partial charge in [0.25, 0.3) is 0 Å². The van der Waals surface area contributed by atoms with Crippen LogP contribution in [0.5, 0.6) is 0 Å². The van der Waals surface area contributed by atoms with Crippen LogP contribution in [0.4, 0.5) is 5.69 Å². The van der Waals surface area contributed by atoms with Crippen LogP contribution in [0.15, 0.2) is 54.6 Å². The number of benzene rings is 2. The Labute approximate surface area is 122 Å². The fourth-order valence-corrected chi connectivity index (χ4v) is 2.32. The molecule has 1 amide bonds. The van der Waals surface area contributed by atoms with E-state index in [4.69, 9.17) is 4.74 Å². The van der Waals surface area contributed by atoms with Gasteiger partial charge in [-0.25, -0.2) is 0 Å². The van der Waals surface area contributed by atoms with Crippen molar-refractivity contribution >= 4 is 22.5 Å². The number of carbonyl (C=O) groups excluding carboxylic acids is 1. The molecule has 0 saturated heterocycles. The van der Waals surface area contributed by atoms with Gasteiger partial charge < -0.3 is 15.0 Å². The Morgan fingerprint density at radius 2 is 2.00 bits per heavy atom. The Hall–Kier alpha value is -2.59. The van der Waals surface area contributed by atoms with Gasteiger partial charge in [-0.2, -0.15) is 0 Å². The summed E-state index contributed by atoms with van der Waals surface area (Å²) in [6, 6.07) is 18.0. The molecule has 0 atom stereocenters. The van der Waals surface area contributed by atoms with Crippen LogP contribution in [0.3, 0.4) is 0 Å². The Balaban J connectivity index is 1.90. The number of carbonyl (C=O) groups is 1. The maximum absolute atomic E-state index is 11.6. The normalized spacial score (nSPS) is 10.7. The van der Waals surface area contributed by atoms with E-state index in [0.29, 0.717) is 0 Å². The molecule has 0 bridgehead atoms. The van der Waals surface area contributed by atoms with E-state index in [2.05, 4.69) is 22.4 Å². The molecule has 0 spiro atoms. The summed E-state index contributed by atoms with van der Waals surface area (Å²) in [4.78, 5) is 14.9. The van der Waals surface area contributed by atoms with Gasteiger partial charge in [0.05, 0.1) is 0 Å². The molecule has 21 heavy (non-hydrogen) atoms. The number of aromatic amines is 1. The molecule has 0 aliphatic rings. The summed E-state index contributed by atoms with van der Waals surface area (Å²) < 4.78 is 4.81. The van der Waals surface area contributed by atoms with E-state index < -0.39 is 0 Å². The molecule has 0 aliphatic heterocycles. The lowest BCUT2D eigenvalue weighted by molar-refractivity contribution is -0.119. The van der Waals surface area contributed by atoms with Crippen molar-refractivity contribution in [3.8, 4) is 11.3 Å². The number of rotatable bonds is 4. The molecule has 4 heteroatoms. The second-order valence-corrected chi connectivity index (χ2v) is 4.83. The molecule has 4 nitrogen and oxygen atoms in total. The Morgan fingerprint density at radius 1 is 1.14 bits per heavy atom. The number of amides is 1. The lowest BCUT2D eigenvalue weighted by atomic mass is 10.1. The first-order valence-electron chi connectivity index (χ1n) is 6.73. The van der Waals surface area contributed by atoms with Gasteiger partial charge in [-0.15, -0.1) is 0 Å². The van der Waals surface area contributed by atoms with Crippen LogP contribution < -0.4 is 5.32 Å². The van der Waals surface area contributed by atoms with Crippen LogP contribution in [-0.4, -0.2) is 24.6 Å². The number of hydrogen-bond donors (Lipinski definition) is 2. The molecule has 0 aliphatic carbocycles. The second-order valence-electron chi connectivity index (χ2n) is 4.83. The van der Waals surface area contributed by atoms with Crippen LogP contribution in [0.1, 0.15) is 0 Å². The van der Waals surface area contributed by atoms with E-state index >= 15 is 0 Å². The van der Waals surface area contributed by atoms with Crippen LogP contribution >= 0.6 is 0 Å². The predicted molar refractivity (Wildman–Crippen MR) is 84.2 cm³/mol. The average molecular weight is 280 g/mol. The first-order valence-corrected chi connectivity index (χ1v) is 6.73. The quantitative estimate of drug-likeness (QED) is 0.769. The lowest BCUT2D eigenvalue weighted by Gasteiger charge is -2.06. The van der Waals surface area contributed by atoms with Gasteiger partial charge >= 0.3 is 0 Å². The third-order valence-electron chi connectivity index (χ3n) is 3.26. The van der Waals surface area contributed by atoms with Crippen molar-refractivity contribution in [1.29, 1.82) is 0 Å². The average Bonchev–Trinajstić information content (AvgIpc) is 2.91. The molecule has 3 rings (SSSR count). The zero-order chi connectivity index (χ0) is 14.7. The molecule has 106 valence electrons. The van der Waals surface area contributed by atoms with E-state index in [1.54, 1.807) is 0 Å². The van der Waals surface area contributed by atoms with Crippen molar-refractivity contribution < 1.29 is 9.53 Å². The minimum atomic E-state index is -0.161. The van der Waals surface area contributed by atoms with Crippen molar-refractivity contribution in [3.05, 3.63) is 54.6 Å². The van der Waals surface area contributed by atoms with E-state index in [1.807, 2.05) is 42.5 Å². The summed E-state index contributed by atoms with van der Waals surface area (Å²) in [7, 11) is 1.50. The number of ether oxygens (including phenoxy) is 1. The molecule has 2 aromatic carbocycles. The van der Waals surface area contributed by atoms with Crippen molar-refractivity contribution in [3.63, 3.8) is 0 Å². The van der Waals surface area contributed by atoms with Gasteiger partial charge in [-0.1, -0.05) is 30.3 Å². The fraction of sp³-hybridized carbons (Fsp3) is 0.118. The van der Waals surface area contributed by atoms with Gasteiger partial charge in [-0.05, 0) is 24.3 Å². The number of hydrogen-bond acceptors (Lipinski definition) is 2. The Morgan fingerprint density at radius 3 is 2.81 bits per heavy atom. The SMILES string of the molecule is COCC(=O)Nc1cccc(-c2cc3ccccc3[nH]2)c1. The van der Waals surface area contributed by atoms with Gasteiger partial charge in [-0.3, -0.25) is 4.79 Å². The summed E-state index contributed by atoms with van der Waals surface area (Å²) in [6.07, 6.45) is 0. The number of anilines is 1. The first kappa shape index (κ1) is 13.4. The summed E-state index contributed by atoms with van der Waals surface area (Å²) in [6.45, 7) is 0.0522. The van der Waals surface area contributed by atoms with E-state index in [0.717, 1.165) is 22.5 Å². The van der Waals surface area contributed by atoms with Crippen molar-refractivity contribution in [2.24, 2.45) is 0 Å². The van der Waals surface area contributed by atoms with Crippen LogP contribution in [0.25, 0.3) is 22.2 Å². The third-order valence-corrected chi connectivity index (χ3v) is 3.26. The lowest BCUT2D eigenvalue weighted by Crippen LogP contribution is -2.16. The number of nitrogens with one attached hydrogen (secondary N) is 2. The highest BCUT2D eigenvalue weighted by Crippen LogP contribution is 2.25. The number of methoxy groups -OCH3 is 1. The van der Waals surface area contributed by atoms with Crippen molar-refractivity contribution in [1.82, 2.24) is 4.98 Å². The summed E-state index contributed by atoms with van der Waals surface area (Å²) in [5, 5.41) is 3.98. The maximum Gasteiger partial charge on any atom is 0.250 e. The molecule has 1 heterocycles. The molecule has 0 radical (unpaired) electrons. The minimum absolute atomic E-state index is 0.0522. The summed E-state index contributed by atoms with van der Waals surface area (Å²) >= 11 is 0. The van der Waals surface area contributed by atoms with Gasteiger partial charge in [0.1, 0.15) is 6.61 Å². The molecule has 1 aromatic heterocycles. The van der Waals surface area contributed by atoms with Crippen LogP contribution in [0.2, 0.25) is 0 Å². The number of fused-ring (bicyclic) bond motifs is 1. The van der Waals surface area contributed by atoms with Gasteiger partial charge in [0.15, 0.2) is 0 Å². The minimum Gasteiger partial charge on any atom is -0.375 e. The monoisotopic (exact) mass is 280 g/mol. The summed E-state index contributed by atoms with van der Waals surface area (Å²) in [5.41, 5.74) is 3.91. The fourth-order valence-electron chi connectivity index (χ4n) is 2.32. The van der Waals surface area contributed by atoms with Crippen LogP contribution in [0, 0.1) is 0 Å². The highest BCUT2D eigenvalue weighted by Gasteiger charge is 2.05. The van der Waals surface area contributed by atoms with Crippen molar-refractivity contribution in [2.45, 2.75) is 0 Å². The molecular formula is C17H16N2O2. The van der Waals surface area contributed by atoms with E-state index in [-0.39, 0.29) is 12.5 Å². The second kappa shape index (κ2) is 5.81. The smallest absolute Gasteiger partial charge is 0.250 e. The van der Waals surface area contributed by atoms with Gasteiger partial charge in [0.2, 0.25) is 5.91 Å². The van der Waals surface area contributed by atoms with E-state index in [9.17, 15) is 4.79 Å². The predicted octanol–water partition coefficient (Wildman–Crippen LogP) is 3.42. The van der Waals surface area contributed by atoms with Crippen molar-refractivity contribution in [2.75, 3.05) is 19.0 Å². The first-order chi connectivity index (χ1) is 10.3. The Bertz CT molecular complexity index is 744. The highest BCUT2D eigenvalue weighted by atomic mass is 16.5. The van der Waals surface area contributed by atoms with Gasteiger partial charge in [0, 0.05) is 35.0 Å². The maximum atomic E-state index is 11.6. The van der Waals surface area contributed by atoms with Crippen LogP contribution in [-0.2, 0) is 9.53 Å². The topological polar surface area (TPSA) is 54.1 Å². The molecule has 0 unspecified atom stereocenters. The zero-order valence-electron chi connectivity index (χ0n) is 11.7. The number of aromatic nitrogens is 1. The highest BCUT2D eigenvalue weighted by molar-refractivity contribution is 5.93. The molecule has 0 saturated carbocycles. The Kier molecular flexibility index (Phi) is 3.71. The number of H-pyrrole nitrogens is 1. The molecule has 2 N–H and O–H groups in total.